The summed E-state index contributed by atoms with van der Waals surface area (Å²) in [4.78, 5) is 0.108. The van der Waals surface area contributed by atoms with Gasteiger partial charge in [-0.1, -0.05) is 24.0 Å². The molecular formula is C12H12N4O2S. The molecule has 2 rings (SSSR count). The van der Waals surface area contributed by atoms with Crippen LogP contribution in [0.3, 0.4) is 0 Å². The van der Waals surface area contributed by atoms with Crippen LogP contribution in [-0.4, -0.2) is 25.2 Å². The third-order valence-corrected chi connectivity index (χ3v) is 3.69. The molecule has 2 aromatic rings. The van der Waals surface area contributed by atoms with E-state index in [0.29, 0.717) is 11.3 Å². The Morgan fingerprint density at radius 1 is 1.37 bits per heavy atom. The van der Waals surface area contributed by atoms with Gasteiger partial charge in [0.05, 0.1) is 18.4 Å². The molecule has 0 fully saturated rings. The largest absolute Gasteiger partial charge is 0.320 e. The second-order valence-corrected chi connectivity index (χ2v) is 5.25. The van der Waals surface area contributed by atoms with Gasteiger partial charge in [0.25, 0.3) is 10.0 Å². The molecule has 19 heavy (non-hydrogen) atoms. The van der Waals surface area contributed by atoms with E-state index in [1.54, 1.807) is 18.2 Å². The van der Waals surface area contributed by atoms with Crippen molar-refractivity contribution in [1.29, 1.82) is 0 Å². The third-order valence-electron chi connectivity index (χ3n) is 2.25. The number of anilines is 1. The Morgan fingerprint density at radius 2 is 2.16 bits per heavy atom. The zero-order valence-corrected chi connectivity index (χ0v) is 10.7. The lowest BCUT2D eigenvalue weighted by Gasteiger charge is -2.07. The fraction of sp³-hybridized carbons (Fsp3) is 0.0833. The first-order chi connectivity index (χ1) is 9.13. The van der Waals surface area contributed by atoms with Crippen molar-refractivity contribution in [2.24, 2.45) is 5.73 Å². The van der Waals surface area contributed by atoms with E-state index < -0.39 is 10.0 Å². The summed E-state index contributed by atoms with van der Waals surface area (Å²) in [5, 5.41) is 6.21. The smallest absolute Gasteiger partial charge is 0.263 e. The Balaban J connectivity index is 2.40. The molecule has 4 N–H and O–H groups in total. The van der Waals surface area contributed by atoms with E-state index in [9.17, 15) is 8.42 Å². The summed E-state index contributed by atoms with van der Waals surface area (Å²) in [6.45, 7) is 0.170. The summed E-state index contributed by atoms with van der Waals surface area (Å²) in [7, 11) is -3.70. The Labute approximate surface area is 111 Å². The third kappa shape index (κ3) is 3.13. The SMILES string of the molecule is NCC#Cc1ccccc1S(=O)(=O)Nc1cn[nH]c1. The minimum atomic E-state index is -3.70. The van der Waals surface area contributed by atoms with E-state index in [4.69, 9.17) is 5.73 Å². The van der Waals surface area contributed by atoms with Crippen molar-refractivity contribution in [3.8, 4) is 11.8 Å². The highest BCUT2D eigenvalue weighted by molar-refractivity contribution is 7.92. The molecule has 1 aromatic heterocycles. The van der Waals surface area contributed by atoms with Crippen LogP contribution >= 0.6 is 0 Å². The van der Waals surface area contributed by atoms with Crippen LogP contribution in [0.15, 0.2) is 41.6 Å². The Morgan fingerprint density at radius 3 is 2.84 bits per heavy atom. The van der Waals surface area contributed by atoms with Crippen molar-refractivity contribution in [1.82, 2.24) is 10.2 Å². The first-order valence-corrected chi connectivity index (χ1v) is 6.91. The molecule has 6 nitrogen and oxygen atoms in total. The van der Waals surface area contributed by atoms with Gasteiger partial charge in [-0.2, -0.15) is 5.10 Å². The number of nitrogens with zero attached hydrogens (tertiary/aromatic N) is 1. The minimum Gasteiger partial charge on any atom is -0.320 e. The molecule has 0 saturated heterocycles. The lowest BCUT2D eigenvalue weighted by Crippen LogP contribution is -2.14. The van der Waals surface area contributed by atoms with E-state index in [0.717, 1.165) is 0 Å². The van der Waals surface area contributed by atoms with Gasteiger partial charge in [-0.3, -0.25) is 9.82 Å². The van der Waals surface area contributed by atoms with Gasteiger partial charge in [0.2, 0.25) is 0 Å². The fourth-order valence-corrected chi connectivity index (χ4v) is 2.67. The summed E-state index contributed by atoms with van der Waals surface area (Å²) in [6.07, 6.45) is 2.83. The van der Waals surface area contributed by atoms with E-state index in [1.807, 2.05) is 0 Å². The number of aromatic amines is 1. The summed E-state index contributed by atoms with van der Waals surface area (Å²) >= 11 is 0. The summed E-state index contributed by atoms with van der Waals surface area (Å²) < 4.78 is 26.9. The van der Waals surface area contributed by atoms with Crippen molar-refractivity contribution in [2.45, 2.75) is 4.90 Å². The van der Waals surface area contributed by atoms with Gasteiger partial charge in [-0.25, -0.2) is 8.42 Å². The topological polar surface area (TPSA) is 101 Å². The molecule has 0 aliphatic heterocycles. The molecule has 0 bridgehead atoms. The highest BCUT2D eigenvalue weighted by atomic mass is 32.2. The summed E-state index contributed by atoms with van der Waals surface area (Å²) in [6, 6.07) is 6.48. The number of hydrogen-bond donors (Lipinski definition) is 3. The fourth-order valence-electron chi connectivity index (χ4n) is 1.47. The lowest BCUT2D eigenvalue weighted by molar-refractivity contribution is 0.601. The molecular weight excluding hydrogens is 264 g/mol. The van der Waals surface area contributed by atoms with E-state index in [2.05, 4.69) is 26.8 Å². The molecule has 0 atom stereocenters. The van der Waals surface area contributed by atoms with Gasteiger partial charge >= 0.3 is 0 Å². The van der Waals surface area contributed by atoms with Gasteiger partial charge in [0.1, 0.15) is 4.90 Å². The Kier molecular flexibility index (Phi) is 3.85. The molecule has 0 saturated carbocycles. The van der Waals surface area contributed by atoms with E-state index >= 15 is 0 Å². The maximum Gasteiger partial charge on any atom is 0.263 e. The molecule has 0 aliphatic carbocycles. The lowest BCUT2D eigenvalue weighted by atomic mass is 10.2. The van der Waals surface area contributed by atoms with Crippen molar-refractivity contribution in [2.75, 3.05) is 11.3 Å². The average Bonchev–Trinajstić information content (AvgIpc) is 2.88. The Hall–Kier alpha value is -2.30. The number of sulfonamides is 1. The Bertz CT molecular complexity index is 712. The van der Waals surface area contributed by atoms with Crippen molar-refractivity contribution in [3.05, 3.63) is 42.2 Å². The van der Waals surface area contributed by atoms with Gasteiger partial charge in [0.15, 0.2) is 0 Å². The van der Waals surface area contributed by atoms with Crippen LogP contribution in [0.1, 0.15) is 5.56 Å². The predicted molar refractivity (Wildman–Crippen MR) is 71.8 cm³/mol. The molecule has 0 unspecified atom stereocenters. The number of aromatic nitrogens is 2. The van der Waals surface area contributed by atoms with Crippen LogP contribution in [0, 0.1) is 11.8 Å². The number of nitrogens with one attached hydrogen (secondary N) is 2. The normalized spacial score (nSPS) is 10.6. The zero-order chi connectivity index (χ0) is 13.7. The molecule has 98 valence electrons. The summed E-state index contributed by atoms with van der Waals surface area (Å²) in [5.41, 5.74) is 6.06. The molecule has 0 spiro atoms. The van der Waals surface area contributed by atoms with Crippen molar-refractivity contribution < 1.29 is 8.42 Å². The number of H-pyrrole nitrogens is 1. The van der Waals surface area contributed by atoms with Crippen molar-refractivity contribution >= 4 is 15.7 Å². The van der Waals surface area contributed by atoms with Crippen LogP contribution in [-0.2, 0) is 10.0 Å². The standard InChI is InChI=1S/C12H12N4O2S/c13-7-3-5-10-4-1-2-6-12(10)19(17,18)16-11-8-14-15-9-11/h1-2,4,6,8-9,16H,7,13H2,(H,14,15). The molecule has 1 heterocycles. The van der Waals surface area contributed by atoms with E-state index in [1.165, 1.54) is 18.5 Å². The van der Waals surface area contributed by atoms with E-state index in [-0.39, 0.29) is 11.4 Å². The quantitative estimate of drug-likeness (QED) is 0.711. The maximum absolute atomic E-state index is 12.2. The van der Waals surface area contributed by atoms with Crippen LogP contribution in [0.2, 0.25) is 0 Å². The van der Waals surface area contributed by atoms with Crippen LogP contribution < -0.4 is 10.5 Å². The molecule has 0 radical (unpaired) electrons. The number of benzene rings is 1. The van der Waals surface area contributed by atoms with Gasteiger partial charge in [0, 0.05) is 11.8 Å². The first-order valence-electron chi connectivity index (χ1n) is 5.43. The van der Waals surface area contributed by atoms with Crippen LogP contribution in [0.25, 0.3) is 0 Å². The highest BCUT2D eigenvalue weighted by Crippen LogP contribution is 2.18. The van der Waals surface area contributed by atoms with Crippen LogP contribution in [0.4, 0.5) is 5.69 Å². The van der Waals surface area contributed by atoms with Crippen molar-refractivity contribution in [3.63, 3.8) is 0 Å². The maximum atomic E-state index is 12.2. The predicted octanol–water partition coefficient (Wildman–Crippen LogP) is 0.521. The van der Waals surface area contributed by atoms with Gasteiger partial charge < -0.3 is 5.73 Å². The zero-order valence-electron chi connectivity index (χ0n) is 9.92. The second-order valence-electron chi connectivity index (χ2n) is 3.59. The minimum absolute atomic E-state index is 0.108. The monoisotopic (exact) mass is 276 g/mol. The number of rotatable bonds is 3. The number of nitrogens with two attached hydrogens (primary N) is 1. The second kappa shape index (κ2) is 5.56. The van der Waals surface area contributed by atoms with Gasteiger partial charge in [-0.15, -0.1) is 0 Å². The molecule has 0 amide bonds. The summed E-state index contributed by atoms with van der Waals surface area (Å²) in [5.74, 6) is 5.38. The molecule has 0 aliphatic rings. The highest BCUT2D eigenvalue weighted by Gasteiger charge is 2.17. The van der Waals surface area contributed by atoms with Crippen LogP contribution in [0.5, 0.6) is 0 Å². The van der Waals surface area contributed by atoms with Gasteiger partial charge in [-0.05, 0) is 12.1 Å². The average molecular weight is 276 g/mol. The first kappa shape index (κ1) is 13.1. The molecule has 7 heteroatoms. The molecule has 1 aromatic carbocycles. The number of hydrogen-bond acceptors (Lipinski definition) is 4.